The molecule has 1 fully saturated rings. The molecule has 0 amide bonds. The number of hydrogen-bond donors (Lipinski definition) is 2. The highest BCUT2D eigenvalue weighted by Gasteiger charge is 2.15. The number of terminal acetylenes is 1. The van der Waals surface area contributed by atoms with Gasteiger partial charge in [-0.3, -0.25) is 11.3 Å². The molecule has 14 heavy (non-hydrogen) atoms. The van der Waals surface area contributed by atoms with Gasteiger partial charge in [0.15, 0.2) is 0 Å². The molecule has 0 aliphatic heterocycles. The van der Waals surface area contributed by atoms with Gasteiger partial charge in [0, 0.05) is 12.5 Å². The maximum atomic E-state index is 5.43. The van der Waals surface area contributed by atoms with Crippen molar-refractivity contribution in [1.82, 2.24) is 5.43 Å². The van der Waals surface area contributed by atoms with Crippen molar-refractivity contribution in [2.45, 2.75) is 57.4 Å². The minimum Gasteiger partial charge on any atom is -0.271 e. The van der Waals surface area contributed by atoms with E-state index in [0.29, 0.717) is 6.04 Å². The molecule has 0 aromatic heterocycles. The van der Waals surface area contributed by atoms with Gasteiger partial charge in [-0.1, -0.05) is 32.1 Å². The smallest absolute Gasteiger partial charge is 0.0319 e. The lowest BCUT2D eigenvalue weighted by Gasteiger charge is -2.23. The lowest BCUT2D eigenvalue weighted by molar-refractivity contribution is 0.314. The highest BCUT2D eigenvalue weighted by atomic mass is 15.2. The van der Waals surface area contributed by atoms with E-state index < -0.39 is 0 Å². The molecule has 0 radical (unpaired) electrons. The molecule has 1 rings (SSSR count). The van der Waals surface area contributed by atoms with Crippen LogP contribution < -0.4 is 11.3 Å². The Balaban J connectivity index is 2.14. The minimum atomic E-state index is 0.321. The molecule has 80 valence electrons. The Kier molecular flexibility index (Phi) is 5.66. The first kappa shape index (κ1) is 11.6. The Bertz CT molecular complexity index is 177. The van der Waals surface area contributed by atoms with Crippen LogP contribution in [0.2, 0.25) is 0 Å². The van der Waals surface area contributed by atoms with Crippen LogP contribution >= 0.6 is 0 Å². The lowest BCUT2D eigenvalue weighted by Crippen LogP contribution is -2.35. The third-order valence-corrected chi connectivity index (χ3v) is 3.25. The molecule has 0 aromatic carbocycles. The summed E-state index contributed by atoms with van der Waals surface area (Å²) in [4.78, 5) is 0. The van der Waals surface area contributed by atoms with Crippen molar-refractivity contribution in [2.24, 2.45) is 11.8 Å². The van der Waals surface area contributed by atoms with Crippen LogP contribution in [0.3, 0.4) is 0 Å². The van der Waals surface area contributed by atoms with E-state index in [2.05, 4.69) is 11.3 Å². The van der Waals surface area contributed by atoms with Crippen LogP contribution in [-0.2, 0) is 0 Å². The normalized spacial score (nSPS) is 20.3. The first-order valence-electron chi connectivity index (χ1n) is 5.76. The predicted molar refractivity (Wildman–Crippen MR) is 60.4 cm³/mol. The van der Waals surface area contributed by atoms with Crippen molar-refractivity contribution in [3.63, 3.8) is 0 Å². The van der Waals surface area contributed by atoms with Crippen LogP contribution in [0.15, 0.2) is 0 Å². The van der Waals surface area contributed by atoms with Gasteiger partial charge in [-0.25, -0.2) is 0 Å². The van der Waals surface area contributed by atoms with Gasteiger partial charge in [-0.15, -0.1) is 12.3 Å². The summed E-state index contributed by atoms with van der Waals surface area (Å²) in [7, 11) is 0. The second-order valence-corrected chi connectivity index (χ2v) is 4.35. The molecule has 0 aromatic rings. The quantitative estimate of drug-likeness (QED) is 0.400. The van der Waals surface area contributed by atoms with Gasteiger partial charge in [0.2, 0.25) is 0 Å². The highest BCUT2D eigenvalue weighted by Crippen LogP contribution is 2.27. The fourth-order valence-corrected chi connectivity index (χ4v) is 2.30. The summed E-state index contributed by atoms with van der Waals surface area (Å²) in [5.74, 6) is 9.02. The van der Waals surface area contributed by atoms with Crippen LogP contribution in [0.4, 0.5) is 0 Å². The van der Waals surface area contributed by atoms with Crippen molar-refractivity contribution < 1.29 is 0 Å². The lowest BCUT2D eigenvalue weighted by atomic mass is 9.85. The summed E-state index contributed by atoms with van der Waals surface area (Å²) in [5.41, 5.74) is 2.80. The first-order valence-corrected chi connectivity index (χ1v) is 5.76. The zero-order valence-electron chi connectivity index (χ0n) is 8.97. The molecule has 1 aliphatic carbocycles. The summed E-state index contributed by atoms with van der Waals surface area (Å²) in [6.45, 7) is 0. The molecule has 1 unspecified atom stereocenters. The molecule has 2 heteroatoms. The average Bonchev–Trinajstić information content (AvgIpc) is 2.25. The molecule has 1 saturated carbocycles. The largest absolute Gasteiger partial charge is 0.271 e. The summed E-state index contributed by atoms with van der Waals surface area (Å²) in [6, 6.07) is 0.321. The number of hydrogen-bond acceptors (Lipinski definition) is 2. The standard InChI is InChI=1S/C12H22N2/c1-2-6-12(14-13)10-9-11-7-4-3-5-8-11/h1,11-12,14H,3-10,13H2. The molecule has 0 saturated heterocycles. The van der Waals surface area contributed by atoms with Crippen LogP contribution in [0.25, 0.3) is 0 Å². The Morgan fingerprint density at radius 3 is 2.64 bits per heavy atom. The van der Waals surface area contributed by atoms with Gasteiger partial charge in [-0.05, 0) is 18.8 Å². The molecule has 0 bridgehead atoms. The van der Waals surface area contributed by atoms with Crippen molar-refractivity contribution in [3.05, 3.63) is 0 Å². The molecule has 0 heterocycles. The van der Waals surface area contributed by atoms with E-state index in [1.165, 1.54) is 38.5 Å². The van der Waals surface area contributed by atoms with Gasteiger partial charge in [0.1, 0.15) is 0 Å². The third kappa shape index (κ3) is 4.13. The average molecular weight is 194 g/mol. The van der Waals surface area contributed by atoms with Gasteiger partial charge < -0.3 is 0 Å². The minimum absolute atomic E-state index is 0.321. The topological polar surface area (TPSA) is 38.0 Å². The van der Waals surface area contributed by atoms with Gasteiger partial charge >= 0.3 is 0 Å². The van der Waals surface area contributed by atoms with E-state index >= 15 is 0 Å². The molecule has 2 nitrogen and oxygen atoms in total. The fraction of sp³-hybridized carbons (Fsp3) is 0.833. The fourth-order valence-electron chi connectivity index (χ4n) is 2.30. The molecule has 0 spiro atoms. The number of rotatable bonds is 5. The summed E-state index contributed by atoms with van der Waals surface area (Å²) < 4.78 is 0. The van der Waals surface area contributed by atoms with E-state index in [-0.39, 0.29) is 0 Å². The van der Waals surface area contributed by atoms with Gasteiger partial charge in [0.25, 0.3) is 0 Å². The molecule has 3 N–H and O–H groups in total. The number of hydrazine groups is 1. The monoisotopic (exact) mass is 194 g/mol. The SMILES string of the molecule is C#CCC(CCC1CCCCC1)NN. The van der Waals surface area contributed by atoms with Crippen LogP contribution in [0, 0.1) is 18.3 Å². The summed E-state index contributed by atoms with van der Waals surface area (Å²) in [6.07, 6.45) is 15.5. The van der Waals surface area contributed by atoms with Crippen molar-refractivity contribution in [3.8, 4) is 12.3 Å². The Morgan fingerprint density at radius 1 is 1.36 bits per heavy atom. The summed E-state index contributed by atoms with van der Waals surface area (Å²) in [5, 5.41) is 0. The maximum absolute atomic E-state index is 5.43. The zero-order valence-corrected chi connectivity index (χ0v) is 8.97. The maximum Gasteiger partial charge on any atom is 0.0319 e. The molecular weight excluding hydrogens is 172 g/mol. The Hall–Kier alpha value is -0.520. The van der Waals surface area contributed by atoms with Crippen molar-refractivity contribution in [1.29, 1.82) is 0 Å². The Morgan fingerprint density at radius 2 is 2.07 bits per heavy atom. The van der Waals surface area contributed by atoms with Crippen LogP contribution in [-0.4, -0.2) is 6.04 Å². The van der Waals surface area contributed by atoms with Crippen LogP contribution in [0.1, 0.15) is 51.4 Å². The zero-order chi connectivity index (χ0) is 10.2. The second kappa shape index (κ2) is 6.86. The number of nitrogens with two attached hydrogens (primary N) is 1. The molecule has 1 atom stereocenters. The van der Waals surface area contributed by atoms with E-state index in [0.717, 1.165) is 18.8 Å². The van der Waals surface area contributed by atoms with Crippen LogP contribution in [0.5, 0.6) is 0 Å². The number of nitrogens with one attached hydrogen (secondary N) is 1. The second-order valence-electron chi connectivity index (χ2n) is 4.35. The predicted octanol–water partition coefficient (Wildman–Crippen LogP) is 2.20. The third-order valence-electron chi connectivity index (χ3n) is 3.25. The molecule has 1 aliphatic rings. The van der Waals surface area contributed by atoms with Crippen molar-refractivity contribution in [2.75, 3.05) is 0 Å². The first-order chi connectivity index (χ1) is 6.86. The van der Waals surface area contributed by atoms with E-state index in [4.69, 9.17) is 12.3 Å². The van der Waals surface area contributed by atoms with E-state index in [9.17, 15) is 0 Å². The van der Waals surface area contributed by atoms with Crippen molar-refractivity contribution >= 4 is 0 Å². The Labute approximate surface area is 87.6 Å². The van der Waals surface area contributed by atoms with Gasteiger partial charge in [-0.2, -0.15) is 0 Å². The van der Waals surface area contributed by atoms with E-state index in [1.54, 1.807) is 0 Å². The highest BCUT2D eigenvalue weighted by molar-refractivity contribution is 4.89. The summed E-state index contributed by atoms with van der Waals surface area (Å²) >= 11 is 0. The van der Waals surface area contributed by atoms with E-state index in [1.807, 2.05) is 0 Å². The molecular formula is C12H22N2. The van der Waals surface area contributed by atoms with Gasteiger partial charge in [0.05, 0.1) is 0 Å².